The first-order valence-electron chi connectivity index (χ1n) is 7.31. The Labute approximate surface area is 147 Å². The van der Waals surface area contributed by atoms with Crippen molar-refractivity contribution >= 4 is 17.4 Å². The van der Waals surface area contributed by atoms with Crippen LogP contribution in [-0.2, 0) is 0 Å². The molecule has 26 heavy (non-hydrogen) atoms. The molecule has 13 heteroatoms. The van der Waals surface area contributed by atoms with Gasteiger partial charge in [-0.25, -0.2) is 4.98 Å². The second-order valence-corrected chi connectivity index (χ2v) is 6.02. The molecule has 0 bridgehead atoms. The van der Waals surface area contributed by atoms with E-state index in [1.54, 1.807) is 0 Å². The number of fused-ring (bicyclic) bond motifs is 3. The Morgan fingerprint density at radius 3 is 2.42 bits per heavy atom. The zero-order valence-electron chi connectivity index (χ0n) is 13.1. The fourth-order valence-corrected chi connectivity index (χ4v) is 2.95. The summed E-state index contributed by atoms with van der Waals surface area (Å²) in [6, 6.07) is -1.52. The smallest absolute Gasteiger partial charge is 0.344 e. The van der Waals surface area contributed by atoms with Gasteiger partial charge in [0, 0.05) is 6.54 Å². The van der Waals surface area contributed by atoms with Gasteiger partial charge in [-0.1, -0.05) is 0 Å². The Balaban J connectivity index is 2.13. The van der Waals surface area contributed by atoms with Gasteiger partial charge in [-0.15, -0.1) is 10.2 Å². The van der Waals surface area contributed by atoms with E-state index in [0.29, 0.717) is 0 Å². The van der Waals surface area contributed by atoms with Crippen LogP contribution in [0.1, 0.15) is 30.5 Å². The first-order chi connectivity index (χ1) is 12.0. The van der Waals surface area contributed by atoms with E-state index in [-0.39, 0.29) is 28.4 Å². The lowest BCUT2D eigenvalue weighted by molar-refractivity contribution is -0.141. The van der Waals surface area contributed by atoms with Gasteiger partial charge in [-0.2, -0.15) is 31.3 Å². The third-order valence-corrected chi connectivity index (χ3v) is 4.00. The number of aryl methyl sites for hydroxylation is 1. The number of hydrogen-bond acceptors (Lipinski definition) is 5. The van der Waals surface area contributed by atoms with Gasteiger partial charge < -0.3 is 4.90 Å². The zero-order valence-corrected chi connectivity index (χ0v) is 13.9. The Bertz CT molecular complexity index is 816. The molecule has 0 aliphatic carbocycles. The Kier molecular flexibility index (Phi) is 4.49. The van der Waals surface area contributed by atoms with Gasteiger partial charge in [-0.05, 0) is 18.5 Å². The van der Waals surface area contributed by atoms with Gasteiger partial charge in [0.1, 0.15) is 11.5 Å². The molecule has 3 heterocycles. The quantitative estimate of drug-likeness (QED) is 0.579. The normalized spacial score (nSPS) is 17.2. The van der Waals surface area contributed by atoms with E-state index >= 15 is 0 Å². The summed E-state index contributed by atoms with van der Waals surface area (Å²) >= 11 is 5.72. The molecule has 0 aromatic carbocycles. The molecule has 1 aliphatic rings. The van der Waals surface area contributed by atoms with Gasteiger partial charge in [-0.3, -0.25) is 4.57 Å². The van der Waals surface area contributed by atoms with E-state index in [1.807, 2.05) is 0 Å². The minimum Gasteiger partial charge on any atom is -0.344 e. The molecular weight excluding hydrogens is 390 g/mol. The maximum atomic E-state index is 13.1. The van der Waals surface area contributed by atoms with Crippen LogP contribution in [0.15, 0.2) is 6.20 Å². The van der Waals surface area contributed by atoms with Crippen LogP contribution < -0.4 is 4.90 Å². The van der Waals surface area contributed by atoms with Crippen molar-refractivity contribution in [3.63, 3.8) is 0 Å². The largest absolute Gasteiger partial charge is 0.391 e. The number of rotatable bonds is 3. The fourth-order valence-electron chi connectivity index (χ4n) is 2.82. The SMILES string of the molecule is Cc1nnc2n1-c1cnc(Cl)nc1N(CCC(F)(F)F)C2CC(F)(F)F. The predicted octanol–water partition coefficient (Wildman–Crippen LogP) is 3.79. The van der Waals surface area contributed by atoms with Crippen molar-refractivity contribution in [1.82, 2.24) is 24.7 Å². The first kappa shape index (κ1) is 18.7. The van der Waals surface area contributed by atoms with Gasteiger partial charge in [0.05, 0.1) is 25.1 Å². The van der Waals surface area contributed by atoms with Gasteiger partial charge in [0.25, 0.3) is 0 Å². The predicted molar refractivity (Wildman–Crippen MR) is 78.1 cm³/mol. The Morgan fingerprint density at radius 1 is 1.12 bits per heavy atom. The molecule has 1 unspecified atom stereocenters. The van der Waals surface area contributed by atoms with Crippen molar-refractivity contribution in [2.45, 2.75) is 38.2 Å². The Morgan fingerprint density at radius 2 is 1.81 bits per heavy atom. The first-order valence-corrected chi connectivity index (χ1v) is 7.69. The molecule has 6 nitrogen and oxygen atoms in total. The van der Waals surface area contributed by atoms with Crippen LogP contribution in [0.5, 0.6) is 0 Å². The molecule has 2 aromatic heterocycles. The minimum atomic E-state index is -4.64. The van der Waals surface area contributed by atoms with Crippen molar-refractivity contribution in [3.05, 3.63) is 23.1 Å². The molecular formula is C13H11ClF6N6. The molecule has 1 atom stereocenters. The van der Waals surface area contributed by atoms with Crippen LogP contribution in [0, 0.1) is 6.92 Å². The summed E-state index contributed by atoms with van der Waals surface area (Å²) in [5.74, 6) is 0.00846. The van der Waals surface area contributed by atoms with E-state index in [1.165, 1.54) is 17.7 Å². The second kappa shape index (κ2) is 6.25. The molecule has 0 radical (unpaired) electrons. The summed E-state index contributed by atoms with van der Waals surface area (Å²) in [5.41, 5.74) is 0.174. The molecule has 0 N–H and O–H groups in total. The van der Waals surface area contributed by atoms with E-state index in [0.717, 1.165) is 4.90 Å². The molecule has 2 aromatic rings. The highest BCUT2D eigenvalue weighted by Gasteiger charge is 2.43. The summed E-state index contributed by atoms with van der Waals surface area (Å²) in [6.07, 6.45) is -10.7. The summed E-state index contributed by atoms with van der Waals surface area (Å²) < 4.78 is 78.6. The minimum absolute atomic E-state index is 0.125. The third-order valence-electron chi connectivity index (χ3n) is 3.82. The van der Waals surface area contributed by atoms with Crippen molar-refractivity contribution in [3.8, 4) is 5.69 Å². The lowest BCUT2D eigenvalue weighted by atomic mass is 10.1. The van der Waals surface area contributed by atoms with Gasteiger partial charge in [0.15, 0.2) is 11.6 Å². The summed E-state index contributed by atoms with van der Waals surface area (Å²) in [4.78, 5) is 8.54. The van der Waals surface area contributed by atoms with Crippen LogP contribution in [0.25, 0.3) is 5.69 Å². The fraction of sp³-hybridized carbons (Fsp3) is 0.538. The lowest BCUT2D eigenvalue weighted by Gasteiger charge is -2.37. The van der Waals surface area contributed by atoms with Gasteiger partial charge >= 0.3 is 12.4 Å². The zero-order chi connectivity index (χ0) is 19.3. The molecule has 3 rings (SSSR count). The number of aromatic nitrogens is 5. The van der Waals surface area contributed by atoms with E-state index in [4.69, 9.17) is 11.6 Å². The molecule has 0 saturated heterocycles. The number of halogens is 7. The average molecular weight is 401 g/mol. The van der Waals surface area contributed by atoms with E-state index in [9.17, 15) is 26.3 Å². The maximum Gasteiger partial charge on any atom is 0.391 e. The molecule has 0 amide bonds. The highest BCUT2D eigenvalue weighted by Crippen LogP contribution is 2.43. The number of alkyl halides is 6. The van der Waals surface area contributed by atoms with Crippen molar-refractivity contribution in [2.75, 3.05) is 11.4 Å². The molecule has 1 aliphatic heterocycles. The second-order valence-electron chi connectivity index (χ2n) is 5.68. The Hall–Kier alpha value is -2.11. The molecule has 0 saturated carbocycles. The lowest BCUT2D eigenvalue weighted by Crippen LogP contribution is -2.40. The summed E-state index contributed by atoms with van der Waals surface area (Å²) in [5, 5.41) is 7.20. The maximum absolute atomic E-state index is 13.1. The highest BCUT2D eigenvalue weighted by molar-refractivity contribution is 6.28. The monoisotopic (exact) mass is 400 g/mol. The van der Waals surface area contributed by atoms with Crippen molar-refractivity contribution < 1.29 is 26.3 Å². The van der Waals surface area contributed by atoms with E-state index < -0.39 is 37.8 Å². The standard InChI is InChI=1S/C13H11ClF6N6/c1-6-23-24-10-7(4-13(18,19)20)25(3-2-12(15,16)17)9-8(26(6)10)5-21-11(14)22-9/h5,7H,2-4H2,1H3. The van der Waals surface area contributed by atoms with Crippen LogP contribution >= 0.6 is 11.6 Å². The topological polar surface area (TPSA) is 59.7 Å². The van der Waals surface area contributed by atoms with E-state index in [2.05, 4.69) is 20.2 Å². The number of anilines is 1. The van der Waals surface area contributed by atoms with Crippen LogP contribution in [0.2, 0.25) is 5.28 Å². The summed E-state index contributed by atoms with van der Waals surface area (Å²) in [6.45, 7) is 0.765. The molecule has 142 valence electrons. The van der Waals surface area contributed by atoms with Crippen LogP contribution in [0.4, 0.5) is 32.2 Å². The molecule has 0 fully saturated rings. The van der Waals surface area contributed by atoms with Crippen LogP contribution in [0.3, 0.4) is 0 Å². The van der Waals surface area contributed by atoms with Gasteiger partial charge in [0.2, 0.25) is 5.28 Å². The molecule has 0 spiro atoms. The van der Waals surface area contributed by atoms with Crippen molar-refractivity contribution in [2.24, 2.45) is 0 Å². The average Bonchev–Trinajstić information content (AvgIpc) is 2.86. The van der Waals surface area contributed by atoms with Crippen LogP contribution in [-0.4, -0.2) is 43.6 Å². The number of hydrogen-bond donors (Lipinski definition) is 0. The van der Waals surface area contributed by atoms with Crippen molar-refractivity contribution in [1.29, 1.82) is 0 Å². The highest BCUT2D eigenvalue weighted by atomic mass is 35.5. The summed E-state index contributed by atoms with van der Waals surface area (Å²) in [7, 11) is 0. The number of nitrogens with zero attached hydrogens (tertiary/aromatic N) is 6. The third kappa shape index (κ3) is 3.69.